The molecular formula is C16H13BrF2O. The van der Waals surface area contributed by atoms with E-state index in [1.54, 1.807) is 0 Å². The summed E-state index contributed by atoms with van der Waals surface area (Å²) in [5.74, 6) is -0.859. The van der Waals surface area contributed by atoms with E-state index in [1.165, 1.54) is 24.8 Å². The van der Waals surface area contributed by atoms with Crippen molar-refractivity contribution >= 4 is 15.9 Å². The minimum absolute atomic E-state index is 0.0744. The average Bonchev–Trinajstić information content (AvgIpc) is 2.39. The Labute approximate surface area is 124 Å². The SMILES string of the molecule is COc1cc(F)c(C(Br)C2Cc3ccccc32)c(F)c1. The summed E-state index contributed by atoms with van der Waals surface area (Å²) in [7, 11) is 1.39. The van der Waals surface area contributed by atoms with Crippen molar-refractivity contribution < 1.29 is 13.5 Å². The van der Waals surface area contributed by atoms with E-state index < -0.39 is 11.6 Å². The molecule has 0 aliphatic heterocycles. The Morgan fingerprint density at radius 2 is 1.85 bits per heavy atom. The molecule has 4 heteroatoms. The highest BCUT2D eigenvalue weighted by Gasteiger charge is 2.35. The molecular weight excluding hydrogens is 326 g/mol. The molecule has 2 aromatic rings. The van der Waals surface area contributed by atoms with Crippen LogP contribution in [-0.4, -0.2) is 7.11 Å². The molecule has 1 nitrogen and oxygen atoms in total. The molecule has 0 amide bonds. The van der Waals surface area contributed by atoms with Crippen molar-refractivity contribution in [1.29, 1.82) is 0 Å². The van der Waals surface area contributed by atoms with Crippen LogP contribution in [-0.2, 0) is 6.42 Å². The number of benzene rings is 2. The van der Waals surface area contributed by atoms with Gasteiger partial charge < -0.3 is 4.74 Å². The summed E-state index contributed by atoms with van der Waals surface area (Å²) in [6, 6.07) is 10.4. The lowest BCUT2D eigenvalue weighted by Gasteiger charge is -2.34. The molecule has 104 valence electrons. The van der Waals surface area contributed by atoms with Crippen LogP contribution in [0.4, 0.5) is 8.78 Å². The minimum atomic E-state index is -0.576. The standard InChI is InChI=1S/C16H13BrF2O/c1-20-10-7-13(18)15(14(19)8-10)16(17)12-6-9-4-2-3-5-11(9)12/h2-5,7-8,12,16H,6H2,1H3. The largest absolute Gasteiger partial charge is 0.497 e. The van der Waals surface area contributed by atoms with E-state index in [4.69, 9.17) is 4.74 Å². The van der Waals surface area contributed by atoms with Gasteiger partial charge in [-0.25, -0.2) is 8.78 Å². The van der Waals surface area contributed by atoms with E-state index >= 15 is 0 Å². The summed E-state index contributed by atoms with van der Waals surface area (Å²) >= 11 is 3.46. The molecule has 0 fully saturated rings. The molecule has 0 bridgehead atoms. The molecule has 0 saturated carbocycles. The van der Waals surface area contributed by atoms with Gasteiger partial charge >= 0.3 is 0 Å². The number of alkyl halides is 1. The fraction of sp³-hybridized carbons (Fsp3) is 0.250. The van der Waals surface area contributed by atoms with Gasteiger partial charge in [-0.05, 0) is 17.5 Å². The van der Waals surface area contributed by atoms with Crippen LogP contribution in [0.3, 0.4) is 0 Å². The number of halogens is 3. The second kappa shape index (κ2) is 5.17. The van der Waals surface area contributed by atoms with Gasteiger partial charge in [0, 0.05) is 23.6 Å². The summed E-state index contributed by atoms with van der Waals surface area (Å²) in [6.45, 7) is 0. The Bertz CT molecular complexity index is 634. The van der Waals surface area contributed by atoms with Gasteiger partial charge in [-0.15, -0.1) is 0 Å². The molecule has 0 saturated heterocycles. The van der Waals surface area contributed by atoms with Crippen molar-refractivity contribution in [3.63, 3.8) is 0 Å². The smallest absolute Gasteiger partial charge is 0.134 e. The highest BCUT2D eigenvalue weighted by molar-refractivity contribution is 9.09. The predicted octanol–water partition coefficient (Wildman–Crippen LogP) is 4.75. The van der Waals surface area contributed by atoms with Crippen molar-refractivity contribution in [2.45, 2.75) is 17.2 Å². The summed E-state index contributed by atoms with van der Waals surface area (Å²) in [4.78, 5) is -0.372. The van der Waals surface area contributed by atoms with Crippen LogP contribution in [0.5, 0.6) is 5.75 Å². The van der Waals surface area contributed by atoms with Crippen LogP contribution in [0.15, 0.2) is 36.4 Å². The van der Waals surface area contributed by atoms with Crippen molar-refractivity contribution in [3.05, 3.63) is 64.7 Å². The number of hydrogen-bond acceptors (Lipinski definition) is 1. The Morgan fingerprint density at radius 1 is 1.20 bits per heavy atom. The number of methoxy groups -OCH3 is 1. The van der Waals surface area contributed by atoms with Crippen molar-refractivity contribution in [2.75, 3.05) is 7.11 Å². The van der Waals surface area contributed by atoms with Crippen LogP contribution in [0, 0.1) is 11.6 Å². The van der Waals surface area contributed by atoms with E-state index in [2.05, 4.69) is 15.9 Å². The molecule has 2 atom stereocenters. The third kappa shape index (κ3) is 2.12. The van der Waals surface area contributed by atoms with Gasteiger partial charge in [0.2, 0.25) is 0 Å². The van der Waals surface area contributed by atoms with Gasteiger partial charge in [-0.1, -0.05) is 40.2 Å². The molecule has 0 heterocycles. The molecule has 0 spiro atoms. The Hall–Kier alpha value is -1.42. The third-order valence-corrected chi connectivity index (χ3v) is 4.91. The van der Waals surface area contributed by atoms with E-state index in [0.717, 1.165) is 12.0 Å². The highest BCUT2D eigenvalue weighted by Crippen LogP contribution is 2.49. The Morgan fingerprint density at radius 3 is 2.45 bits per heavy atom. The summed E-state index contributed by atoms with van der Waals surface area (Å²) in [5.41, 5.74) is 2.48. The molecule has 0 radical (unpaired) electrons. The van der Waals surface area contributed by atoms with E-state index in [0.29, 0.717) is 0 Å². The minimum Gasteiger partial charge on any atom is -0.497 e. The van der Waals surface area contributed by atoms with Gasteiger partial charge in [0.15, 0.2) is 0 Å². The molecule has 3 rings (SSSR count). The maximum atomic E-state index is 14.1. The lowest BCUT2D eigenvalue weighted by molar-refractivity contribution is 0.404. The molecule has 1 aliphatic rings. The van der Waals surface area contributed by atoms with Gasteiger partial charge in [-0.3, -0.25) is 0 Å². The highest BCUT2D eigenvalue weighted by atomic mass is 79.9. The van der Waals surface area contributed by atoms with E-state index in [1.807, 2.05) is 24.3 Å². The predicted molar refractivity (Wildman–Crippen MR) is 77.5 cm³/mol. The molecule has 2 aromatic carbocycles. The monoisotopic (exact) mass is 338 g/mol. The van der Waals surface area contributed by atoms with Gasteiger partial charge in [0.25, 0.3) is 0 Å². The average molecular weight is 339 g/mol. The number of ether oxygens (including phenoxy) is 1. The zero-order valence-corrected chi connectivity index (χ0v) is 12.5. The topological polar surface area (TPSA) is 9.23 Å². The van der Waals surface area contributed by atoms with Crippen LogP contribution in [0.1, 0.15) is 27.4 Å². The quantitative estimate of drug-likeness (QED) is 0.734. The zero-order valence-electron chi connectivity index (χ0n) is 10.9. The first kappa shape index (κ1) is 13.6. The first-order valence-electron chi connectivity index (χ1n) is 6.36. The summed E-state index contributed by atoms with van der Waals surface area (Å²) < 4.78 is 33.1. The number of hydrogen-bond donors (Lipinski definition) is 0. The fourth-order valence-corrected chi connectivity index (χ4v) is 3.61. The zero-order chi connectivity index (χ0) is 14.3. The van der Waals surface area contributed by atoms with Gasteiger partial charge in [0.05, 0.1) is 11.9 Å². The molecule has 0 aromatic heterocycles. The first-order valence-corrected chi connectivity index (χ1v) is 7.28. The summed E-state index contributed by atoms with van der Waals surface area (Å²) in [6.07, 6.45) is 0.830. The lowest BCUT2D eigenvalue weighted by atomic mass is 9.74. The molecule has 20 heavy (non-hydrogen) atoms. The summed E-state index contributed by atoms with van der Waals surface area (Å²) in [5, 5.41) is 0. The van der Waals surface area contributed by atoms with E-state index in [-0.39, 0.29) is 22.1 Å². The maximum Gasteiger partial charge on any atom is 0.134 e. The first-order chi connectivity index (χ1) is 9.61. The molecule has 2 unspecified atom stereocenters. The van der Waals surface area contributed by atoms with Crippen LogP contribution in [0.25, 0.3) is 0 Å². The Kier molecular flexibility index (Phi) is 3.50. The van der Waals surface area contributed by atoms with Gasteiger partial charge in [-0.2, -0.15) is 0 Å². The number of rotatable bonds is 3. The number of fused-ring (bicyclic) bond motifs is 1. The maximum absolute atomic E-state index is 14.1. The van der Waals surface area contributed by atoms with Crippen LogP contribution < -0.4 is 4.74 Å². The molecule has 0 N–H and O–H groups in total. The van der Waals surface area contributed by atoms with Crippen LogP contribution in [0.2, 0.25) is 0 Å². The fourth-order valence-electron chi connectivity index (χ4n) is 2.70. The van der Waals surface area contributed by atoms with Crippen LogP contribution >= 0.6 is 15.9 Å². The van der Waals surface area contributed by atoms with E-state index in [9.17, 15) is 8.78 Å². The Balaban J connectivity index is 1.95. The lowest BCUT2D eigenvalue weighted by Crippen LogP contribution is -2.22. The van der Waals surface area contributed by atoms with Crippen molar-refractivity contribution in [1.82, 2.24) is 0 Å². The second-order valence-corrected chi connectivity index (χ2v) is 5.90. The van der Waals surface area contributed by atoms with Crippen molar-refractivity contribution in [2.24, 2.45) is 0 Å². The normalized spacial score (nSPS) is 18.1. The molecule has 1 aliphatic carbocycles. The second-order valence-electron chi connectivity index (χ2n) is 4.92. The van der Waals surface area contributed by atoms with Crippen molar-refractivity contribution in [3.8, 4) is 5.75 Å². The van der Waals surface area contributed by atoms with Gasteiger partial charge in [0.1, 0.15) is 17.4 Å². The third-order valence-electron chi connectivity index (χ3n) is 3.81.